The highest BCUT2D eigenvalue weighted by Crippen LogP contribution is 2.22. The number of nitrogens with zero attached hydrogens (tertiary/aromatic N) is 2. The monoisotopic (exact) mass is 242 g/mol. The van der Waals surface area contributed by atoms with Gasteiger partial charge in [-0.15, -0.1) is 0 Å². The van der Waals surface area contributed by atoms with E-state index in [1.807, 2.05) is 24.3 Å². The van der Waals surface area contributed by atoms with Crippen LogP contribution in [-0.2, 0) is 0 Å². The highest BCUT2D eigenvalue weighted by atomic mass is 19.1. The number of halogens is 1. The molecule has 0 aliphatic carbocycles. The molecule has 18 heavy (non-hydrogen) atoms. The molecule has 2 aromatic heterocycles. The van der Waals surface area contributed by atoms with E-state index >= 15 is 0 Å². The summed E-state index contributed by atoms with van der Waals surface area (Å²) < 4.78 is 20.3. The molecule has 1 aromatic carbocycles. The highest BCUT2D eigenvalue weighted by Gasteiger charge is 2.07. The molecule has 0 amide bonds. The molecular weight excluding hydrogens is 231 g/mol. The van der Waals surface area contributed by atoms with Gasteiger partial charge in [0.2, 0.25) is 0 Å². The molecule has 3 aromatic rings. The molecule has 0 radical (unpaired) electrons. The van der Waals surface area contributed by atoms with Gasteiger partial charge in [0.25, 0.3) is 0 Å². The van der Waals surface area contributed by atoms with Crippen molar-refractivity contribution in [2.24, 2.45) is 0 Å². The molecule has 0 fully saturated rings. The Labute approximate surface area is 103 Å². The van der Waals surface area contributed by atoms with Crippen molar-refractivity contribution in [1.29, 1.82) is 0 Å². The van der Waals surface area contributed by atoms with Gasteiger partial charge < -0.3 is 9.14 Å². The fourth-order valence-electron chi connectivity index (χ4n) is 1.88. The van der Waals surface area contributed by atoms with E-state index in [1.54, 1.807) is 30.0 Å². The van der Waals surface area contributed by atoms with Gasteiger partial charge in [-0.25, -0.2) is 9.37 Å². The van der Waals surface area contributed by atoms with Gasteiger partial charge in [-0.3, -0.25) is 0 Å². The lowest BCUT2D eigenvalue weighted by Crippen LogP contribution is -1.85. The number of hydrogen-bond acceptors (Lipinski definition) is 2. The molecular formula is C14H11FN2O. The lowest BCUT2D eigenvalue weighted by Gasteiger charge is -1.99. The summed E-state index contributed by atoms with van der Waals surface area (Å²) in [6.45, 7) is 0. The standard InChI is InChI=1S/C14H11FN2O/c1-18-11-6-4-10(5-7-11)13-9-17-8-2-3-12(15)14(17)16-13/h2-9H,1H3. The number of fused-ring (bicyclic) bond motifs is 1. The van der Waals surface area contributed by atoms with Crippen molar-refractivity contribution in [3.05, 3.63) is 54.6 Å². The second-order valence-electron chi connectivity index (χ2n) is 3.94. The zero-order valence-electron chi connectivity index (χ0n) is 9.80. The number of hydrogen-bond donors (Lipinski definition) is 0. The van der Waals surface area contributed by atoms with Crippen LogP contribution in [0.3, 0.4) is 0 Å². The second kappa shape index (κ2) is 4.14. The molecule has 0 aliphatic heterocycles. The van der Waals surface area contributed by atoms with Crippen LogP contribution in [0.25, 0.3) is 16.9 Å². The first kappa shape index (κ1) is 10.8. The number of rotatable bonds is 2. The molecule has 0 unspecified atom stereocenters. The van der Waals surface area contributed by atoms with Gasteiger partial charge in [0, 0.05) is 18.0 Å². The zero-order valence-corrected chi connectivity index (χ0v) is 9.80. The summed E-state index contributed by atoms with van der Waals surface area (Å²) in [7, 11) is 1.62. The van der Waals surface area contributed by atoms with Crippen LogP contribution in [0.4, 0.5) is 4.39 Å². The van der Waals surface area contributed by atoms with Crippen LogP contribution in [0.5, 0.6) is 5.75 Å². The van der Waals surface area contributed by atoms with Crippen LogP contribution in [-0.4, -0.2) is 16.5 Å². The maximum atomic E-state index is 13.5. The Kier molecular flexibility index (Phi) is 2.48. The van der Waals surface area contributed by atoms with Gasteiger partial charge in [0.1, 0.15) is 5.75 Å². The number of imidazole rings is 1. The van der Waals surface area contributed by atoms with Crippen molar-refractivity contribution in [2.45, 2.75) is 0 Å². The number of pyridine rings is 1. The van der Waals surface area contributed by atoms with Gasteiger partial charge in [0.05, 0.1) is 12.8 Å². The molecule has 0 bridgehead atoms. The van der Waals surface area contributed by atoms with Gasteiger partial charge in [-0.1, -0.05) is 0 Å². The Morgan fingerprint density at radius 2 is 1.94 bits per heavy atom. The Balaban J connectivity index is 2.10. The number of methoxy groups -OCH3 is 1. The predicted octanol–water partition coefficient (Wildman–Crippen LogP) is 3.15. The first-order valence-corrected chi connectivity index (χ1v) is 5.55. The zero-order chi connectivity index (χ0) is 12.5. The maximum absolute atomic E-state index is 13.5. The SMILES string of the molecule is COc1ccc(-c2cn3cccc(F)c3n2)cc1. The lowest BCUT2D eigenvalue weighted by molar-refractivity contribution is 0.415. The fraction of sp³-hybridized carbons (Fsp3) is 0.0714. The highest BCUT2D eigenvalue weighted by molar-refractivity contribution is 5.63. The van der Waals surface area contributed by atoms with Crippen LogP contribution in [0, 0.1) is 5.82 Å². The molecule has 3 nitrogen and oxygen atoms in total. The topological polar surface area (TPSA) is 26.5 Å². The van der Waals surface area contributed by atoms with E-state index in [0.717, 1.165) is 17.0 Å². The molecule has 90 valence electrons. The van der Waals surface area contributed by atoms with Crippen molar-refractivity contribution in [3.63, 3.8) is 0 Å². The Morgan fingerprint density at radius 1 is 1.17 bits per heavy atom. The van der Waals surface area contributed by atoms with E-state index < -0.39 is 0 Å². The minimum atomic E-state index is -0.322. The molecule has 0 N–H and O–H groups in total. The smallest absolute Gasteiger partial charge is 0.173 e. The van der Waals surface area contributed by atoms with Crippen molar-refractivity contribution < 1.29 is 9.13 Å². The number of ether oxygens (including phenoxy) is 1. The third-order valence-corrected chi connectivity index (χ3v) is 2.82. The van der Waals surface area contributed by atoms with Crippen molar-refractivity contribution >= 4 is 5.65 Å². The largest absolute Gasteiger partial charge is 0.497 e. The predicted molar refractivity (Wildman–Crippen MR) is 67.1 cm³/mol. The Bertz CT molecular complexity index is 689. The van der Waals surface area contributed by atoms with Gasteiger partial charge in [-0.05, 0) is 36.4 Å². The third-order valence-electron chi connectivity index (χ3n) is 2.82. The van der Waals surface area contributed by atoms with Gasteiger partial charge >= 0.3 is 0 Å². The summed E-state index contributed by atoms with van der Waals surface area (Å²) in [6, 6.07) is 10.6. The summed E-state index contributed by atoms with van der Waals surface area (Å²) in [5, 5.41) is 0. The third kappa shape index (κ3) is 1.72. The summed E-state index contributed by atoms with van der Waals surface area (Å²) in [4.78, 5) is 4.29. The van der Waals surface area contributed by atoms with Gasteiger partial charge in [0.15, 0.2) is 11.5 Å². The lowest BCUT2D eigenvalue weighted by atomic mass is 10.2. The first-order chi connectivity index (χ1) is 8.78. The Morgan fingerprint density at radius 3 is 2.61 bits per heavy atom. The van der Waals surface area contributed by atoms with E-state index in [0.29, 0.717) is 5.65 Å². The molecule has 0 saturated carbocycles. The summed E-state index contributed by atoms with van der Waals surface area (Å²) >= 11 is 0. The number of benzene rings is 1. The molecule has 3 rings (SSSR count). The van der Waals surface area contributed by atoms with Crippen LogP contribution < -0.4 is 4.74 Å². The van der Waals surface area contributed by atoms with E-state index in [1.165, 1.54) is 6.07 Å². The van der Waals surface area contributed by atoms with Crippen LogP contribution >= 0.6 is 0 Å². The molecule has 0 aliphatic rings. The molecule has 0 atom stereocenters. The van der Waals surface area contributed by atoms with E-state index in [2.05, 4.69) is 4.98 Å². The molecule has 2 heterocycles. The quantitative estimate of drug-likeness (QED) is 0.690. The summed E-state index contributed by atoms with van der Waals surface area (Å²) in [5.74, 6) is 0.464. The average molecular weight is 242 g/mol. The van der Waals surface area contributed by atoms with E-state index in [4.69, 9.17) is 4.74 Å². The average Bonchev–Trinajstić information content (AvgIpc) is 2.84. The summed E-state index contributed by atoms with van der Waals surface area (Å²) in [5.41, 5.74) is 2.00. The fourth-order valence-corrected chi connectivity index (χ4v) is 1.88. The van der Waals surface area contributed by atoms with Gasteiger partial charge in [-0.2, -0.15) is 0 Å². The molecule has 0 spiro atoms. The van der Waals surface area contributed by atoms with Crippen molar-refractivity contribution in [1.82, 2.24) is 9.38 Å². The second-order valence-corrected chi connectivity index (χ2v) is 3.94. The van der Waals surface area contributed by atoms with Crippen LogP contribution in [0.1, 0.15) is 0 Å². The van der Waals surface area contributed by atoms with Crippen LogP contribution in [0.2, 0.25) is 0 Å². The molecule has 0 saturated heterocycles. The first-order valence-electron chi connectivity index (χ1n) is 5.55. The minimum Gasteiger partial charge on any atom is -0.497 e. The van der Waals surface area contributed by atoms with E-state index in [9.17, 15) is 4.39 Å². The summed E-state index contributed by atoms with van der Waals surface area (Å²) in [6.07, 6.45) is 3.58. The Hall–Kier alpha value is -2.36. The van der Waals surface area contributed by atoms with Crippen molar-refractivity contribution in [2.75, 3.05) is 7.11 Å². The molecule has 4 heteroatoms. The van der Waals surface area contributed by atoms with Crippen molar-refractivity contribution in [3.8, 4) is 17.0 Å². The minimum absolute atomic E-state index is 0.322. The van der Waals surface area contributed by atoms with E-state index in [-0.39, 0.29) is 5.82 Å². The maximum Gasteiger partial charge on any atom is 0.173 e. The van der Waals surface area contributed by atoms with Crippen LogP contribution in [0.15, 0.2) is 48.8 Å². The normalized spacial score (nSPS) is 10.8. The number of aromatic nitrogens is 2.